The van der Waals surface area contributed by atoms with Gasteiger partial charge >= 0.3 is 5.97 Å². The summed E-state index contributed by atoms with van der Waals surface area (Å²) in [6, 6.07) is 0.0911. The molecule has 0 aromatic heterocycles. The maximum Gasteiger partial charge on any atom is 0.307 e. The van der Waals surface area contributed by atoms with E-state index < -0.39 is 11.2 Å². The monoisotopic (exact) mass is 426 g/mol. The molecule has 1 unspecified atom stereocenters. The predicted molar refractivity (Wildman–Crippen MR) is 117 cm³/mol. The summed E-state index contributed by atoms with van der Waals surface area (Å²) in [5.74, 6) is -0.0838. The molecule has 7 nitrogen and oxygen atoms in total. The van der Waals surface area contributed by atoms with Crippen molar-refractivity contribution in [1.29, 1.82) is 0 Å². The molecule has 0 spiro atoms. The van der Waals surface area contributed by atoms with Gasteiger partial charge in [0.25, 0.3) is 0 Å². The Hall–Kier alpha value is -1.47. The van der Waals surface area contributed by atoms with Gasteiger partial charge < -0.3 is 20.1 Å². The third-order valence-electron chi connectivity index (χ3n) is 6.28. The number of ketones is 1. The van der Waals surface area contributed by atoms with Crippen molar-refractivity contribution in [2.45, 2.75) is 104 Å². The number of ether oxygens (including phenoxy) is 2. The Labute approximate surface area is 182 Å². The predicted octanol–water partition coefficient (Wildman–Crippen LogP) is 3.23. The zero-order valence-electron chi connectivity index (χ0n) is 20.0. The van der Waals surface area contributed by atoms with Gasteiger partial charge in [-0.05, 0) is 52.9 Å². The molecule has 1 aliphatic rings. The Morgan fingerprint density at radius 2 is 1.73 bits per heavy atom. The highest BCUT2D eigenvalue weighted by molar-refractivity contribution is 5.86. The third-order valence-corrected chi connectivity index (χ3v) is 6.28. The first-order valence-electron chi connectivity index (χ1n) is 11.1. The van der Waals surface area contributed by atoms with Crippen LogP contribution in [0, 0.1) is 5.41 Å². The van der Waals surface area contributed by atoms with Gasteiger partial charge in [-0.2, -0.15) is 0 Å². The summed E-state index contributed by atoms with van der Waals surface area (Å²) in [7, 11) is 0. The van der Waals surface area contributed by atoms with Crippen molar-refractivity contribution in [3.63, 3.8) is 0 Å². The maximum atomic E-state index is 12.8. The van der Waals surface area contributed by atoms with E-state index in [1.807, 2.05) is 18.7 Å². The lowest BCUT2D eigenvalue weighted by Crippen LogP contribution is -2.45. The van der Waals surface area contributed by atoms with Crippen molar-refractivity contribution in [2.75, 3.05) is 19.7 Å². The van der Waals surface area contributed by atoms with Gasteiger partial charge in [-0.15, -0.1) is 0 Å². The van der Waals surface area contributed by atoms with Gasteiger partial charge in [0, 0.05) is 38.4 Å². The van der Waals surface area contributed by atoms with E-state index in [0.29, 0.717) is 32.3 Å². The van der Waals surface area contributed by atoms with Crippen LogP contribution in [0.2, 0.25) is 0 Å². The number of nitrogens with two attached hydrogens (primary N) is 1. The number of amides is 1. The summed E-state index contributed by atoms with van der Waals surface area (Å²) < 4.78 is 11.3. The number of likely N-dealkylation sites (tertiary alicyclic amines) is 1. The van der Waals surface area contributed by atoms with E-state index in [1.165, 1.54) is 0 Å². The zero-order chi connectivity index (χ0) is 23.2. The average molecular weight is 427 g/mol. The molecule has 174 valence electrons. The second kappa shape index (κ2) is 10.7. The van der Waals surface area contributed by atoms with E-state index in [4.69, 9.17) is 15.2 Å². The molecule has 1 saturated heterocycles. The lowest BCUT2D eigenvalue weighted by Gasteiger charge is -2.38. The zero-order valence-corrected chi connectivity index (χ0v) is 20.0. The normalized spacial score (nSPS) is 16.7. The van der Waals surface area contributed by atoms with E-state index >= 15 is 0 Å². The molecule has 0 aromatic rings. The molecule has 1 heterocycles. The van der Waals surface area contributed by atoms with Crippen LogP contribution in [0.15, 0.2) is 0 Å². The van der Waals surface area contributed by atoms with Crippen LogP contribution in [-0.4, -0.2) is 59.5 Å². The Morgan fingerprint density at radius 1 is 1.10 bits per heavy atom. The van der Waals surface area contributed by atoms with Crippen LogP contribution in [0.3, 0.4) is 0 Å². The average Bonchev–Trinajstić information content (AvgIpc) is 3.04. The van der Waals surface area contributed by atoms with E-state index in [1.54, 1.807) is 13.8 Å². The van der Waals surface area contributed by atoms with Gasteiger partial charge in [0.2, 0.25) is 5.91 Å². The number of nitrogens with zero attached hydrogens (tertiary/aromatic N) is 1. The number of hydrogen-bond acceptors (Lipinski definition) is 6. The highest BCUT2D eigenvalue weighted by Gasteiger charge is 2.37. The van der Waals surface area contributed by atoms with E-state index in [2.05, 4.69) is 20.8 Å². The molecule has 0 aromatic carbocycles. The van der Waals surface area contributed by atoms with Crippen LogP contribution in [0.25, 0.3) is 0 Å². The summed E-state index contributed by atoms with van der Waals surface area (Å²) in [6.45, 7) is 14.9. The molecule has 0 saturated carbocycles. The first kappa shape index (κ1) is 26.6. The number of esters is 1. The van der Waals surface area contributed by atoms with Crippen molar-refractivity contribution in [2.24, 2.45) is 11.1 Å². The summed E-state index contributed by atoms with van der Waals surface area (Å²) in [5, 5.41) is 0. The molecule has 0 aliphatic carbocycles. The maximum absolute atomic E-state index is 12.8. The second-order valence-corrected chi connectivity index (χ2v) is 10.2. The molecule has 0 radical (unpaired) electrons. The Kier molecular flexibility index (Phi) is 9.49. The molecule has 1 atom stereocenters. The molecule has 1 amide bonds. The summed E-state index contributed by atoms with van der Waals surface area (Å²) in [4.78, 5) is 38.5. The topological polar surface area (TPSA) is 98.9 Å². The van der Waals surface area contributed by atoms with Crippen LogP contribution in [-0.2, 0) is 23.9 Å². The fraction of sp³-hybridized carbons (Fsp3) is 0.870. The SMILES string of the molecule is CC(N1CCCC1=O)C(C)(C)CCC(=O)C(C)(C)OCCC(C)(C)OC(=O)CCN. The van der Waals surface area contributed by atoms with Crippen molar-refractivity contribution in [3.8, 4) is 0 Å². The van der Waals surface area contributed by atoms with Crippen molar-refractivity contribution < 1.29 is 23.9 Å². The van der Waals surface area contributed by atoms with E-state index in [0.717, 1.165) is 13.0 Å². The van der Waals surface area contributed by atoms with E-state index in [-0.39, 0.29) is 42.1 Å². The van der Waals surface area contributed by atoms with Crippen molar-refractivity contribution in [1.82, 2.24) is 4.90 Å². The van der Waals surface area contributed by atoms with Crippen LogP contribution in [0.4, 0.5) is 0 Å². The van der Waals surface area contributed by atoms with Gasteiger partial charge in [-0.3, -0.25) is 14.4 Å². The molecular formula is C23H42N2O5. The molecular weight excluding hydrogens is 384 g/mol. The van der Waals surface area contributed by atoms with Gasteiger partial charge in [-0.25, -0.2) is 0 Å². The molecule has 0 bridgehead atoms. The quantitative estimate of drug-likeness (QED) is 0.454. The first-order valence-corrected chi connectivity index (χ1v) is 11.1. The lowest BCUT2D eigenvalue weighted by molar-refractivity contribution is -0.160. The number of Topliss-reactive ketones (excluding diaryl/α,β-unsaturated/α-hetero) is 1. The van der Waals surface area contributed by atoms with Crippen molar-refractivity contribution in [3.05, 3.63) is 0 Å². The largest absolute Gasteiger partial charge is 0.460 e. The first-order chi connectivity index (χ1) is 13.7. The minimum atomic E-state index is -0.917. The van der Waals surface area contributed by atoms with Crippen molar-refractivity contribution >= 4 is 17.7 Å². The fourth-order valence-electron chi connectivity index (χ4n) is 3.61. The smallest absolute Gasteiger partial charge is 0.307 e. The van der Waals surface area contributed by atoms with Crippen LogP contribution in [0.5, 0.6) is 0 Å². The van der Waals surface area contributed by atoms with Gasteiger partial charge in [0.05, 0.1) is 13.0 Å². The van der Waals surface area contributed by atoms with Crippen LogP contribution >= 0.6 is 0 Å². The van der Waals surface area contributed by atoms with Crippen LogP contribution < -0.4 is 5.73 Å². The number of rotatable bonds is 13. The lowest BCUT2D eigenvalue weighted by atomic mass is 9.78. The molecule has 1 aliphatic heterocycles. The fourth-order valence-corrected chi connectivity index (χ4v) is 3.61. The molecule has 30 heavy (non-hydrogen) atoms. The minimum absolute atomic E-state index is 0.0356. The Balaban J connectivity index is 2.51. The Bertz CT molecular complexity index is 613. The summed E-state index contributed by atoms with van der Waals surface area (Å²) >= 11 is 0. The van der Waals surface area contributed by atoms with E-state index in [9.17, 15) is 14.4 Å². The standard InChI is InChI=1S/C23H42N2O5/c1-17(25-15-8-9-19(25)27)21(2,3)12-10-18(26)23(6,7)29-16-13-22(4,5)30-20(28)11-14-24/h17H,8-16,24H2,1-7H3. The summed E-state index contributed by atoms with van der Waals surface area (Å²) in [6.07, 6.45) is 3.28. The second-order valence-electron chi connectivity index (χ2n) is 10.2. The molecule has 2 N–H and O–H groups in total. The highest BCUT2D eigenvalue weighted by Crippen LogP contribution is 2.33. The molecule has 1 fully saturated rings. The van der Waals surface area contributed by atoms with Gasteiger partial charge in [0.1, 0.15) is 11.2 Å². The highest BCUT2D eigenvalue weighted by atomic mass is 16.6. The minimum Gasteiger partial charge on any atom is -0.460 e. The number of carbonyl (C=O) groups is 3. The van der Waals surface area contributed by atoms with Gasteiger partial charge in [-0.1, -0.05) is 13.8 Å². The van der Waals surface area contributed by atoms with Crippen LogP contribution in [0.1, 0.15) is 87.0 Å². The molecule has 1 rings (SSSR count). The third kappa shape index (κ3) is 7.99. The summed E-state index contributed by atoms with van der Waals surface area (Å²) in [5.41, 5.74) is 3.62. The molecule has 7 heteroatoms. The number of carbonyl (C=O) groups excluding carboxylic acids is 3. The van der Waals surface area contributed by atoms with Gasteiger partial charge in [0.15, 0.2) is 5.78 Å². The Morgan fingerprint density at radius 3 is 2.27 bits per heavy atom. The number of hydrogen-bond donors (Lipinski definition) is 1.